The molecule has 0 radical (unpaired) electrons. The molecule has 1 aliphatic rings. The number of anilines is 2. The van der Waals surface area contributed by atoms with Gasteiger partial charge in [-0.15, -0.1) is 0 Å². The van der Waals surface area contributed by atoms with Crippen LogP contribution >= 0.6 is 34.8 Å². The number of rotatable bonds is 6. The fourth-order valence-corrected chi connectivity index (χ4v) is 5.29. The maximum atomic E-state index is 12.9. The molecule has 3 aromatic carbocycles. The van der Waals surface area contributed by atoms with Crippen LogP contribution in [0.3, 0.4) is 0 Å². The van der Waals surface area contributed by atoms with Crippen LogP contribution in [0, 0.1) is 6.92 Å². The molecule has 4 aromatic rings. The molecular formula is C31H26Cl3N3O3. The van der Waals surface area contributed by atoms with Crippen molar-refractivity contribution in [3.8, 4) is 11.3 Å². The van der Waals surface area contributed by atoms with Crippen molar-refractivity contribution in [3.05, 3.63) is 111 Å². The third kappa shape index (κ3) is 6.20. The molecule has 0 bridgehead atoms. The molecule has 2 heterocycles. The van der Waals surface area contributed by atoms with E-state index in [1.807, 2.05) is 54.3 Å². The monoisotopic (exact) mass is 593 g/mol. The van der Waals surface area contributed by atoms with E-state index < -0.39 is 0 Å². The van der Waals surface area contributed by atoms with Crippen LogP contribution in [0.25, 0.3) is 17.4 Å². The van der Waals surface area contributed by atoms with Gasteiger partial charge in [-0.3, -0.25) is 9.59 Å². The molecule has 0 spiro atoms. The number of halogens is 3. The number of hydrogen-bond donors (Lipinski definition) is 1. The van der Waals surface area contributed by atoms with E-state index in [0.717, 1.165) is 16.8 Å². The third-order valence-electron chi connectivity index (χ3n) is 6.74. The lowest BCUT2D eigenvalue weighted by Crippen LogP contribution is -2.49. The minimum atomic E-state index is -0.328. The minimum absolute atomic E-state index is 0.0500. The van der Waals surface area contributed by atoms with Gasteiger partial charge in [0.15, 0.2) is 0 Å². The quantitative estimate of drug-likeness (QED) is 0.231. The van der Waals surface area contributed by atoms with Crippen LogP contribution in [0.15, 0.2) is 83.3 Å². The highest BCUT2D eigenvalue weighted by atomic mass is 35.5. The Hall–Kier alpha value is -3.71. The van der Waals surface area contributed by atoms with Gasteiger partial charge in [-0.1, -0.05) is 59.1 Å². The first-order valence-electron chi connectivity index (χ1n) is 12.7. The predicted octanol–water partition coefficient (Wildman–Crippen LogP) is 7.83. The average molecular weight is 595 g/mol. The fourth-order valence-electron chi connectivity index (χ4n) is 4.60. The number of benzene rings is 3. The summed E-state index contributed by atoms with van der Waals surface area (Å²) in [5.41, 5.74) is 3.82. The standard InChI is InChI=1S/C31H26Cl3N3O3/c1-20-5-2-3-6-23(20)31(39)37-17-15-36(16-18-37)27-12-9-21(19-26(27)33)35-29(38)14-11-22-10-13-28(40-22)24-7-4-8-25(32)30(24)34/h2-14,19H,15-18H2,1H3,(H,35,38). The van der Waals surface area contributed by atoms with Gasteiger partial charge < -0.3 is 19.5 Å². The Labute approximate surface area is 247 Å². The molecule has 6 nitrogen and oxygen atoms in total. The summed E-state index contributed by atoms with van der Waals surface area (Å²) in [5, 5.41) is 4.19. The zero-order valence-electron chi connectivity index (χ0n) is 21.7. The van der Waals surface area contributed by atoms with E-state index in [4.69, 9.17) is 39.2 Å². The second-order valence-corrected chi connectivity index (χ2v) is 10.6. The molecule has 40 heavy (non-hydrogen) atoms. The highest BCUT2D eigenvalue weighted by molar-refractivity contribution is 6.43. The Morgan fingerprint density at radius 2 is 1.65 bits per heavy atom. The van der Waals surface area contributed by atoms with Crippen LogP contribution in [0.5, 0.6) is 0 Å². The van der Waals surface area contributed by atoms with Gasteiger partial charge in [0.1, 0.15) is 11.5 Å². The zero-order chi connectivity index (χ0) is 28.2. The van der Waals surface area contributed by atoms with Crippen molar-refractivity contribution in [1.29, 1.82) is 0 Å². The maximum Gasteiger partial charge on any atom is 0.254 e. The van der Waals surface area contributed by atoms with Crippen LogP contribution in [0.1, 0.15) is 21.7 Å². The third-order valence-corrected chi connectivity index (χ3v) is 7.86. The normalized spacial score (nSPS) is 13.6. The van der Waals surface area contributed by atoms with Crippen molar-refractivity contribution in [2.24, 2.45) is 0 Å². The molecule has 1 aliphatic heterocycles. The van der Waals surface area contributed by atoms with E-state index in [1.165, 1.54) is 6.08 Å². The number of nitrogens with zero attached hydrogens (tertiary/aromatic N) is 2. The van der Waals surface area contributed by atoms with Crippen molar-refractivity contribution in [2.45, 2.75) is 6.92 Å². The molecule has 5 rings (SSSR count). The summed E-state index contributed by atoms with van der Waals surface area (Å²) < 4.78 is 5.80. The van der Waals surface area contributed by atoms with Crippen molar-refractivity contribution in [2.75, 3.05) is 36.4 Å². The Morgan fingerprint density at radius 3 is 2.40 bits per heavy atom. The number of hydrogen-bond acceptors (Lipinski definition) is 4. The van der Waals surface area contributed by atoms with Crippen LogP contribution in [0.2, 0.25) is 15.1 Å². The largest absolute Gasteiger partial charge is 0.457 e. The van der Waals surface area contributed by atoms with E-state index in [-0.39, 0.29) is 11.8 Å². The maximum absolute atomic E-state index is 12.9. The summed E-state index contributed by atoms with van der Waals surface area (Å²) in [4.78, 5) is 29.5. The van der Waals surface area contributed by atoms with Crippen molar-refractivity contribution >= 4 is 64.1 Å². The van der Waals surface area contributed by atoms with Crippen molar-refractivity contribution < 1.29 is 14.0 Å². The first kappa shape index (κ1) is 27.8. The molecule has 0 unspecified atom stereocenters. The molecular weight excluding hydrogens is 569 g/mol. The fraction of sp³-hybridized carbons (Fsp3) is 0.161. The zero-order valence-corrected chi connectivity index (χ0v) is 23.9. The molecule has 1 N–H and O–H groups in total. The summed E-state index contributed by atoms with van der Waals surface area (Å²) in [6, 6.07) is 21.9. The van der Waals surface area contributed by atoms with Gasteiger partial charge in [0.05, 0.1) is 20.8 Å². The molecule has 0 saturated carbocycles. The average Bonchev–Trinajstić information content (AvgIpc) is 3.42. The van der Waals surface area contributed by atoms with Gasteiger partial charge in [-0.2, -0.15) is 0 Å². The summed E-state index contributed by atoms with van der Waals surface area (Å²) in [6.07, 6.45) is 2.96. The van der Waals surface area contributed by atoms with Crippen LogP contribution < -0.4 is 10.2 Å². The minimum Gasteiger partial charge on any atom is -0.457 e. The van der Waals surface area contributed by atoms with E-state index in [9.17, 15) is 9.59 Å². The summed E-state index contributed by atoms with van der Waals surface area (Å²) in [5.74, 6) is 0.768. The summed E-state index contributed by atoms with van der Waals surface area (Å²) >= 11 is 19.0. The number of aryl methyl sites for hydroxylation is 1. The van der Waals surface area contributed by atoms with Gasteiger partial charge in [0, 0.05) is 49.1 Å². The van der Waals surface area contributed by atoms with E-state index >= 15 is 0 Å². The van der Waals surface area contributed by atoms with E-state index in [2.05, 4.69) is 10.2 Å². The molecule has 0 aliphatic carbocycles. The number of nitrogens with one attached hydrogen (secondary N) is 1. The molecule has 1 fully saturated rings. The van der Waals surface area contributed by atoms with Crippen molar-refractivity contribution in [3.63, 3.8) is 0 Å². The van der Waals surface area contributed by atoms with Gasteiger partial charge >= 0.3 is 0 Å². The molecule has 204 valence electrons. The Balaban J connectivity index is 1.17. The second kappa shape index (κ2) is 12.2. The Morgan fingerprint density at radius 1 is 0.875 bits per heavy atom. The van der Waals surface area contributed by atoms with Crippen LogP contribution in [-0.2, 0) is 4.79 Å². The van der Waals surface area contributed by atoms with Crippen LogP contribution in [-0.4, -0.2) is 42.9 Å². The van der Waals surface area contributed by atoms with Gasteiger partial charge in [-0.25, -0.2) is 0 Å². The molecule has 0 atom stereocenters. The lowest BCUT2D eigenvalue weighted by atomic mass is 10.1. The number of carbonyl (C=O) groups excluding carboxylic acids is 2. The van der Waals surface area contributed by atoms with Crippen molar-refractivity contribution in [1.82, 2.24) is 4.90 Å². The van der Waals surface area contributed by atoms with Crippen LogP contribution in [0.4, 0.5) is 11.4 Å². The highest BCUT2D eigenvalue weighted by Crippen LogP contribution is 2.34. The molecule has 1 aromatic heterocycles. The summed E-state index contributed by atoms with van der Waals surface area (Å²) in [7, 11) is 0. The lowest BCUT2D eigenvalue weighted by Gasteiger charge is -2.36. The summed E-state index contributed by atoms with van der Waals surface area (Å²) in [6.45, 7) is 4.48. The molecule has 9 heteroatoms. The molecule has 1 saturated heterocycles. The number of piperazine rings is 1. The first-order chi connectivity index (χ1) is 19.3. The Kier molecular flexibility index (Phi) is 8.50. The van der Waals surface area contributed by atoms with Gasteiger partial charge in [0.2, 0.25) is 5.91 Å². The smallest absolute Gasteiger partial charge is 0.254 e. The van der Waals surface area contributed by atoms with Gasteiger partial charge in [0.25, 0.3) is 5.91 Å². The lowest BCUT2D eigenvalue weighted by molar-refractivity contribution is -0.111. The predicted molar refractivity (Wildman–Crippen MR) is 163 cm³/mol. The second-order valence-electron chi connectivity index (χ2n) is 9.39. The number of carbonyl (C=O) groups is 2. The molecule has 2 amide bonds. The Bertz CT molecular complexity index is 1590. The topological polar surface area (TPSA) is 65.8 Å². The number of amides is 2. The first-order valence-corrected chi connectivity index (χ1v) is 13.9. The number of furan rings is 1. The van der Waals surface area contributed by atoms with Gasteiger partial charge in [-0.05, 0) is 67.1 Å². The van der Waals surface area contributed by atoms with E-state index in [0.29, 0.717) is 64.0 Å². The SMILES string of the molecule is Cc1ccccc1C(=O)N1CCN(c2ccc(NC(=O)C=Cc3ccc(-c4cccc(Cl)c4Cl)o3)cc2Cl)CC1. The van der Waals surface area contributed by atoms with E-state index in [1.54, 1.807) is 36.4 Å². The highest BCUT2D eigenvalue weighted by Gasteiger charge is 2.24.